The van der Waals surface area contributed by atoms with E-state index in [0.717, 1.165) is 25.3 Å². The minimum atomic E-state index is -0.137. The standard InChI is InChI=1S/C12H19N3O2/c1-15-10(13-8-14-15)6-12(7-16)4-5-17-11(12)9-2-3-9/h8-9,11,16H,2-7H2,1H3. The molecular formula is C12H19N3O2. The molecule has 5 heteroatoms. The number of aliphatic hydroxyl groups excluding tert-OH is 1. The first kappa shape index (κ1) is 11.2. The highest BCUT2D eigenvalue weighted by Crippen LogP contribution is 2.48. The van der Waals surface area contributed by atoms with Crippen molar-refractivity contribution in [3.05, 3.63) is 12.2 Å². The first-order valence-electron chi connectivity index (χ1n) is 6.30. The maximum Gasteiger partial charge on any atom is 0.138 e. The highest BCUT2D eigenvalue weighted by Gasteiger charge is 2.51. The van der Waals surface area contributed by atoms with Gasteiger partial charge in [0.1, 0.15) is 12.2 Å². The lowest BCUT2D eigenvalue weighted by Crippen LogP contribution is -2.39. The predicted molar refractivity (Wildman–Crippen MR) is 61.3 cm³/mol. The van der Waals surface area contributed by atoms with Crippen molar-refractivity contribution in [2.75, 3.05) is 13.2 Å². The minimum absolute atomic E-state index is 0.137. The fourth-order valence-corrected chi connectivity index (χ4v) is 2.95. The molecule has 0 aromatic carbocycles. The highest BCUT2D eigenvalue weighted by molar-refractivity contribution is 5.04. The molecule has 94 valence electrons. The van der Waals surface area contributed by atoms with Crippen LogP contribution in [0.1, 0.15) is 25.1 Å². The molecule has 0 spiro atoms. The highest BCUT2D eigenvalue weighted by atomic mass is 16.5. The molecule has 2 heterocycles. The molecule has 2 aliphatic rings. The zero-order valence-corrected chi connectivity index (χ0v) is 10.2. The summed E-state index contributed by atoms with van der Waals surface area (Å²) < 4.78 is 7.65. The van der Waals surface area contributed by atoms with Crippen molar-refractivity contribution in [1.29, 1.82) is 0 Å². The molecule has 1 saturated heterocycles. The lowest BCUT2D eigenvalue weighted by atomic mass is 9.76. The van der Waals surface area contributed by atoms with E-state index in [9.17, 15) is 5.11 Å². The molecule has 1 N–H and O–H groups in total. The second kappa shape index (κ2) is 4.07. The Morgan fingerprint density at radius 3 is 3.00 bits per heavy atom. The Labute approximate surface area is 101 Å². The summed E-state index contributed by atoms with van der Waals surface area (Å²) in [7, 11) is 1.90. The van der Waals surface area contributed by atoms with Gasteiger partial charge < -0.3 is 9.84 Å². The van der Waals surface area contributed by atoms with Gasteiger partial charge in [-0.1, -0.05) is 0 Å². The quantitative estimate of drug-likeness (QED) is 0.830. The normalized spacial score (nSPS) is 33.2. The molecule has 17 heavy (non-hydrogen) atoms. The summed E-state index contributed by atoms with van der Waals surface area (Å²) in [5.41, 5.74) is -0.137. The van der Waals surface area contributed by atoms with Gasteiger partial charge in [-0.25, -0.2) is 4.98 Å². The molecule has 2 fully saturated rings. The fraction of sp³-hybridized carbons (Fsp3) is 0.833. The maximum atomic E-state index is 9.82. The molecule has 0 bridgehead atoms. The van der Waals surface area contributed by atoms with E-state index in [-0.39, 0.29) is 18.1 Å². The van der Waals surface area contributed by atoms with Crippen LogP contribution in [-0.4, -0.2) is 39.2 Å². The summed E-state index contributed by atoms with van der Waals surface area (Å²) in [6, 6.07) is 0. The molecule has 1 aromatic heterocycles. The smallest absolute Gasteiger partial charge is 0.138 e. The summed E-state index contributed by atoms with van der Waals surface area (Å²) in [6.45, 7) is 0.945. The summed E-state index contributed by atoms with van der Waals surface area (Å²) in [6.07, 6.45) is 5.96. The van der Waals surface area contributed by atoms with Crippen LogP contribution in [0.15, 0.2) is 6.33 Å². The van der Waals surface area contributed by atoms with Gasteiger partial charge in [-0.3, -0.25) is 4.68 Å². The molecule has 2 unspecified atom stereocenters. The largest absolute Gasteiger partial charge is 0.396 e. The van der Waals surface area contributed by atoms with Crippen LogP contribution in [0.5, 0.6) is 0 Å². The van der Waals surface area contributed by atoms with Crippen molar-refractivity contribution in [2.45, 2.75) is 31.8 Å². The van der Waals surface area contributed by atoms with Gasteiger partial charge in [0.2, 0.25) is 0 Å². The van der Waals surface area contributed by atoms with E-state index in [1.165, 1.54) is 12.8 Å². The predicted octanol–water partition coefficient (Wildman–Crippen LogP) is 0.535. The number of ether oxygens (including phenoxy) is 1. The van der Waals surface area contributed by atoms with Crippen molar-refractivity contribution in [3.63, 3.8) is 0 Å². The monoisotopic (exact) mass is 237 g/mol. The van der Waals surface area contributed by atoms with Crippen LogP contribution in [0.2, 0.25) is 0 Å². The lowest BCUT2D eigenvalue weighted by Gasteiger charge is -2.31. The number of aromatic nitrogens is 3. The second-order valence-corrected chi connectivity index (χ2v) is 5.38. The Morgan fingerprint density at radius 2 is 2.41 bits per heavy atom. The van der Waals surface area contributed by atoms with Gasteiger partial charge in [0.15, 0.2) is 0 Å². The average molecular weight is 237 g/mol. The van der Waals surface area contributed by atoms with E-state index in [0.29, 0.717) is 5.92 Å². The van der Waals surface area contributed by atoms with E-state index >= 15 is 0 Å². The van der Waals surface area contributed by atoms with Gasteiger partial charge in [0, 0.05) is 25.5 Å². The Morgan fingerprint density at radius 1 is 1.59 bits per heavy atom. The summed E-state index contributed by atoms with van der Waals surface area (Å²) >= 11 is 0. The van der Waals surface area contributed by atoms with Crippen LogP contribution >= 0.6 is 0 Å². The molecule has 1 saturated carbocycles. The van der Waals surface area contributed by atoms with Crippen LogP contribution in [0.4, 0.5) is 0 Å². The molecule has 5 nitrogen and oxygen atoms in total. The molecular weight excluding hydrogens is 218 g/mol. The van der Waals surface area contributed by atoms with Gasteiger partial charge in [0.25, 0.3) is 0 Å². The van der Waals surface area contributed by atoms with Crippen molar-refractivity contribution in [1.82, 2.24) is 14.8 Å². The van der Waals surface area contributed by atoms with E-state index in [2.05, 4.69) is 10.1 Å². The number of aryl methyl sites for hydroxylation is 1. The Bertz CT molecular complexity index is 402. The maximum absolute atomic E-state index is 9.82. The lowest BCUT2D eigenvalue weighted by molar-refractivity contribution is -0.000816. The molecule has 0 amide bonds. The third kappa shape index (κ3) is 1.87. The average Bonchev–Trinajstić information content (AvgIpc) is 2.98. The number of rotatable bonds is 4. The van der Waals surface area contributed by atoms with E-state index in [4.69, 9.17) is 4.74 Å². The van der Waals surface area contributed by atoms with Gasteiger partial charge in [0.05, 0.1) is 12.7 Å². The van der Waals surface area contributed by atoms with E-state index in [1.807, 2.05) is 7.05 Å². The minimum Gasteiger partial charge on any atom is -0.396 e. The Kier molecular flexibility index (Phi) is 2.67. The molecule has 1 aliphatic heterocycles. The summed E-state index contributed by atoms with van der Waals surface area (Å²) in [4.78, 5) is 4.27. The number of nitrogens with zero attached hydrogens (tertiary/aromatic N) is 3. The van der Waals surface area contributed by atoms with Gasteiger partial charge in [-0.05, 0) is 25.2 Å². The SMILES string of the molecule is Cn1ncnc1CC1(CO)CCOC1C1CC1. The van der Waals surface area contributed by atoms with Crippen molar-refractivity contribution >= 4 is 0 Å². The molecule has 3 rings (SSSR count). The molecule has 0 radical (unpaired) electrons. The van der Waals surface area contributed by atoms with Crippen LogP contribution in [0.3, 0.4) is 0 Å². The number of aliphatic hydroxyl groups is 1. The molecule has 2 atom stereocenters. The van der Waals surface area contributed by atoms with Crippen LogP contribution in [0, 0.1) is 11.3 Å². The summed E-state index contributed by atoms with van der Waals surface area (Å²) in [5, 5.41) is 13.9. The first-order valence-corrected chi connectivity index (χ1v) is 6.30. The fourth-order valence-electron chi connectivity index (χ4n) is 2.95. The third-order valence-electron chi connectivity index (χ3n) is 4.18. The van der Waals surface area contributed by atoms with Crippen molar-refractivity contribution in [3.8, 4) is 0 Å². The van der Waals surface area contributed by atoms with Crippen molar-refractivity contribution < 1.29 is 9.84 Å². The van der Waals surface area contributed by atoms with Crippen LogP contribution in [0.25, 0.3) is 0 Å². The number of hydrogen-bond acceptors (Lipinski definition) is 4. The topological polar surface area (TPSA) is 60.2 Å². The molecule has 1 aromatic rings. The Balaban J connectivity index is 1.83. The zero-order chi connectivity index (χ0) is 11.9. The van der Waals surface area contributed by atoms with Crippen LogP contribution < -0.4 is 0 Å². The number of hydrogen-bond donors (Lipinski definition) is 1. The zero-order valence-electron chi connectivity index (χ0n) is 10.2. The van der Waals surface area contributed by atoms with Crippen LogP contribution in [-0.2, 0) is 18.2 Å². The second-order valence-electron chi connectivity index (χ2n) is 5.38. The van der Waals surface area contributed by atoms with E-state index in [1.54, 1.807) is 11.0 Å². The Hall–Kier alpha value is -0.940. The summed E-state index contributed by atoms with van der Waals surface area (Å²) in [5.74, 6) is 1.59. The van der Waals surface area contributed by atoms with Gasteiger partial charge >= 0.3 is 0 Å². The first-order chi connectivity index (χ1) is 8.25. The van der Waals surface area contributed by atoms with E-state index < -0.39 is 0 Å². The van der Waals surface area contributed by atoms with Gasteiger partial charge in [-0.2, -0.15) is 5.10 Å². The third-order valence-corrected chi connectivity index (χ3v) is 4.18. The van der Waals surface area contributed by atoms with Gasteiger partial charge in [-0.15, -0.1) is 0 Å². The molecule has 1 aliphatic carbocycles. The van der Waals surface area contributed by atoms with Crippen molar-refractivity contribution in [2.24, 2.45) is 18.4 Å².